The lowest BCUT2D eigenvalue weighted by atomic mass is 10.0. The van der Waals surface area contributed by atoms with Crippen molar-refractivity contribution in [3.8, 4) is 0 Å². The largest absolute Gasteiger partial charge is 0.456 e. The SMILES string of the molecule is CC(C)(C)OC(=O)NC(Cc1cccc(N2CCCC2=O)c1)C(=O)Nc1ccc(C(=O)OC(C)(C)C)cc1. The fourth-order valence-corrected chi connectivity index (χ4v) is 3.92. The highest BCUT2D eigenvalue weighted by atomic mass is 16.6. The van der Waals surface area contributed by atoms with E-state index in [-0.39, 0.29) is 12.3 Å². The van der Waals surface area contributed by atoms with Crippen molar-refractivity contribution in [1.82, 2.24) is 5.32 Å². The molecule has 0 aromatic heterocycles. The van der Waals surface area contributed by atoms with Crippen molar-refractivity contribution in [2.75, 3.05) is 16.8 Å². The zero-order valence-electron chi connectivity index (χ0n) is 22.9. The van der Waals surface area contributed by atoms with Crippen molar-refractivity contribution in [2.45, 2.75) is 78.0 Å². The van der Waals surface area contributed by atoms with Crippen LogP contribution in [0.2, 0.25) is 0 Å². The number of esters is 1. The van der Waals surface area contributed by atoms with E-state index in [2.05, 4.69) is 10.6 Å². The molecule has 1 heterocycles. The van der Waals surface area contributed by atoms with Gasteiger partial charge in [-0.15, -0.1) is 0 Å². The number of hydrogen-bond donors (Lipinski definition) is 2. The lowest BCUT2D eigenvalue weighted by molar-refractivity contribution is -0.118. The van der Waals surface area contributed by atoms with Crippen LogP contribution in [0.4, 0.5) is 16.2 Å². The second kappa shape index (κ2) is 11.7. The fraction of sp³-hybridized carbons (Fsp3) is 0.448. The number of carbonyl (C=O) groups is 4. The van der Waals surface area contributed by atoms with E-state index in [0.717, 1.165) is 17.7 Å². The summed E-state index contributed by atoms with van der Waals surface area (Å²) in [6.07, 6.45) is 0.781. The van der Waals surface area contributed by atoms with E-state index in [0.29, 0.717) is 24.2 Å². The van der Waals surface area contributed by atoms with E-state index in [4.69, 9.17) is 9.47 Å². The first-order valence-corrected chi connectivity index (χ1v) is 12.7. The topological polar surface area (TPSA) is 114 Å². The molecule has 0 aliphatic carbocycles. The molecule has 1 atom stereocenters. The summed E-state index contributed by atoms with van der Waals surface area (Å²) in [5, 5.41) is 5.46. The lowest BCUT2D eigenvalue weighted by Gasteiger charge is -2.24. The van der Waals surface area contributed by atoms with Crippen molar-refractivity contribution < 1.29 is 28.7 Å². The number of nitrogens with one attached hydrogen (secondary N) is 2. The Kier molecular flexibility index (Phi) is 8.81. The Balaban J connectivity index is 1.76. The van der Waals surface area contributed by atoms with Gasteiger partial charge in [0.25, 0.3) is 0 Å². The summed E-state index contributed by atoms with van der Waals surface area (Å²) >= 11 is 0. The molecule has 0 bridgehead atoms. The lowest BCUT2D eigenvalue weighted by Crippen LogP contribution is -2.47. The number of amides is 3. The first kappa shape index (κ1) is 28.7. The Morgan fingerprint density at radius 2 is 1.61 bits per heavy atom. The van der Waals surface area contributed by atoms with Gasteiger partial charge in [0.2, 0.25) is 11.8 Å². The number of alkyl carbamates (subject to hydrolysis) is 1. The van der Waals surface area contributed by atoms with Crippen LogP contribution in [0.5, 0.6) is 0 Å². The molecule has 2 aromatic carbocycles. The van der Waals surface area contributed by atoms with E-state index in [9.17, 15) is 19.2 Å². The molecular formula is C29H37N3O6. The van der Waals surface area contributed by atoms with E-state index >= 15 is 0 Å². The van der Waals surface area contributed by atoms with E-state index in [1.807, 2.05) is 24.3 Å². The molecule has 2 aromatic rings. The van der Waals surface area contributed by atoms with Crippen molar-refractivity contribution in [1.29, 1.82) is 0 Å². The maximum Gasteiger partial charge on any atom is 0.408 e. The van der Waals surface area contributed by atoms with Gasteiger partial charge in [0, 0.05) is 30.8 Å². The minimum absolute atomic E-state index is 0.0677. The predicted molar refractivity (Wildman–Crippen MR) is 145 cm³/mol. The number of carbonyl (C=O) groups excluding carboxylic acids is 4. The third-order valence-electron chi connectivity index (χ3n) is 5.53. The minimum Gasteiger partial charge on any atom is -0.456 e. The van der Waals surface area contributed by atoms with Crippen LogP contribution in [0.25, 0.3) is 0 Å². The molecule has 0 saturated carbocycles. The molecule has 1 aliphatic rings. The normalized spacial score (nSPS) is 14.6. The number of anilines is 2. The smallest absolute Gasteiger partial charge is 0.408 e. The van der Waals surface area contributed by atoms with Crippen LogP contribution in [0.15, 0.2) is 48.5 Å². The molecule has 3 amide bonds. The third kappa shape index (κ3) is 8.61. The maximum absolute atomic E-state index is 13.3. The molecular weight excluding hydrogens is 486 g/mol. The molecule has 1 unspecified atom stereocenters. The predicted octanol–water partition coefficient (Wildman–Crippen LogP) is 4.84. The molecule has 204 valence electrons. The highest BCUT2D eigenvalue weighted by molar-refractivity contribution is 5.98. The second-order valence-electron chi connectivity index (χ2n) is 11.3. The minimum atomic E-state index is -0.958. The van der Waals surface area contributed by atoms with Crippen LogP contribution in [-0.2, 0) is 25.5 Å². The Hall–Kier alpha value is -3.88. The van der Waals surface area contributed by atoms with Crippen molar-refractivity contribution in [3.63, 3.8) is 0 Å². The van der Waals surface area contributed by atoms with Gasteiger partial charge in [-0.3, -0.25) is 9.59 Å². The number of hydrogen-bond acceptors (Lipinski definition) is 6. The van der Waals surface area contributed by atoms with Gasteiger partial charge < -0.3 is 25.0 Å². The van der Waals surface area contributed by atoms with Gasteiger partial charge >= 0.3 is 12.1 Å². The average Bonchev–Trinajstić information content (AvgIpc) is 3.23. The van der Waals surface area contributed by atoms with Crippen LogP contribution < -0.4 is 15.5 Å². The van der Waals surface area contributed by atoms with Gasteiger partial charge in [-0.2, -0.15) is 0 Å². The summed E-state index contributed by atoms with van der Waals surface area (Å²) < 4.78 is 10.7. The Bertz CT molecular complexity index is 1180. The van der Waals surface area contributed by atoms with Crippen LogP contribution >= 0.6 is 0 Å². The number of benzene rings is 2. The van der Waals surface area contributed by atoms with E-state index in [1.54, 1.807) is 70.7 Å². The van der Waals surface area contributed by atoms with Crippen molar-refractivity contribution in [2.24, 2.45) is 0 Å². The monoisotopic (exact) mass is 523 g/mol. The van der Waals surface area contributed by atoms with Gasteiger partial charge in [0.15, 0.2) is 0 Å². The molecule has 3 rings (SSSR count). The molecule has 1 saturated heterocycles. The second-order valence-corrected chi connectivity index (χ2v) is 11.3. The molecule has 1 fully saturated rings. The van der Waals surface area contributed by atoms with Crippen LogP contribution in [0, 0.1) is 0 Å². The summed E-state index contributed by atoms with van der Waals surface area (Å²) in [6.45, 7) is 11.2. The van der Waals surface area contributed by atoms with Crippen molar-refractivity contribution in [3.05, 3.63) is 59.7 Å². The first-order valence-electron chi connectivity index (χ1n) is 12.7. The third-order valence-corrected chi connectivity index (χ3v) is 5.53. The Morgan fingerprint density at radius 3 is 2.18 bits per heavy atom. The summed E-state index contributed by atoms with van der Waals surface area (Å²) in [5.74, 6) is -0.849. The van der Waals surface area contributed by atoms with Crippen LogP contribution in [0.3, 0.4) is 0 Å². The summed E-state index contributed by atoms with van der Waals surface area (Å²) in [6, 6.07) is 12.8. The van der Waals surface area contributed by atoms with E-state index < -0.39 is 35.2 Å². The average molecular weight is 524 g/mol. The highest BCUT2D eigenvalue weighted by Crippen LogP contribution is 2.23. The van der Waals surface area contributed by atoms with Crippen LogP contribution in [-0.4, -0.2) is 47.7 Å². The Labute approximate surface area is 223 Å². The van der Waals surface area contributed by atoms with Crippen LogP contribution in [0.1, 0.15) is 70.3 Å². The van der Waals surface area contributed by atoms with Gasteiger partial charge in [-0.1, -0.05) is 12.1 Å². The molecule has 1 aliphatic heterocycles. The van der Waals surface area contributed by atoms with Gasteiger partial charge in [0.05, 0.1) is 5.56 Å². The van der Waals surface area contributed by atoms with Gasteiger partial charge in [-0.05, 0) is 89.9 Å². The van der Waals surface area contributed by atoms with Crippen molar-refractivity contribution >= 4 is 35.3 Å². The Morgan fingerprint density at radius 1 is 0.947 bits per heavy atom. The van der Waals surface area contributed by atoms with Gasteiger partial charge in [0.1, 0.15) is 17.2 Å². The standard InChI is InChI=1S/C29H37N3O6/c1-28(2,3)37-26(35)20-12-14-21(15-13-20)30-25(34)23(31-27(36)38-29(4,5)6)18-19-9-7-10-22(17-19)32-16-8-11-24(32)33/h7,9-10,12-15,17,23H,8,11,16,18H2,1-6H3,(H,30,34)(H,31,36). The highest BCUT2D eigenvalue weighted by Gasteiger charge is 2.26. The van der Waals surface area contributed by atoms with E-state index in [1.165, 1.54) is 0 Å². The molecule has 0 spiro atoms. The fourth-order valence-electron chi connectivity index (χ4n) is 3.92. The summed E-state index contributed by atoms with van der Waals surface area (Å²) in [4.78, 5) is 52.0. The molecule has 9 nitrogen and oxygen atoms in total. The summed E-state index contributed by atoms with van der Waals surface area (Å²) in [5.41, 5.74) is 0.991. The molecule has 0 radical (unpaired) electrons. The maximum atomic E-state index is 13.3. The van der Waals surface area contributed by atoms with Gasteiger partial charge in [-0.25, -0.2) is 9.59 Å². The number of ether oxygens (including phenoxy) is 2. The zero-order valence-corrected chi connectivity index (χ0v) is 22.9. The zero-order chi connectivity index (χ0) is 28.1. The first-order chi connectivity index (χ1) is 17.7. The number of nitrogens with zero attached hydrogens (tertiary/aromatic N) is 1. The quantitative estimate of drug-likeness (QED) is 0.502. The molecule has 2 N–H and O–H groups in total. The summed E-state index contributed by atoms with van der Waals surface area (Å²) in [7, 11) is 0. The number of rotatable bonds is 7. The molecule has 9 heteroatoms. The molecule has 38 heavy (non-hydrogen) atoms.